The van der Waals surface area contributed by atoms with Gasteiger partial charge in [-0.3, -0.25) is 19.1 Å². The van der Waals surface area contributed by atoms with E-state index in [-0.39, 0.29) is 30.4 Å². The number of aromatic nitrogens is 2. The maximum atomic E-state index is 12.8. The first-order valence-corrected chi connectivity index (χ1v) is 9.45. The van der Waals surface area contributed by atoms with Crippen LogP contribution in [0.5, 0.6) is 0 Å². The van der Waals surface area contributed by atoms with Gasteiger partial charge in [-0.15, -0.1) is 0 Å². The third-order valence-corrected chi connectivity index (χ3v) is 4.59. The van der Waals surface area contributed by atoms with Crippen LogP contribution in [0.3, 0.4) is 0 Å². The number of carbonyl (C=O) groups is 2. The van der Waals surface area contributed by atoms with Crippen LogP contribution >= 0.6 is 0 Å². The molecule has 1 heterocycles. The summed E-state index contributed by atoms with van der Waals surface area (Å²) in [6, 6.07) is 16.5. The van der Waals surface area contributed by atoms with E-state index in [4.69, 9.17) is 4.74 Å². The number of para-hydroxylation sites is 1. The van der Waals surface area contributed by atoms with Crippen molar-refractivity contribution in [3.8, 4) is 5.69 Å². The molecule has 0 fully saturated rings. The molecule has 8 nitrogen and oxygen atoms in total. The molecule has 3 rings (SSSR count). The normalized spacial score (nSPS) is 10.6. The summed E-state index contributed by atoms with van der Waals surface area (Å²) in [5.74, 6) is -0.875. The Labute approximate surface area is 174 Å². The zero-order valence-electron chi connectivity index (χ0n) is 17.1. The number of nitrogens with one attached hydrogen (secondary N) is 2. The Hall–Kier alpha value is -3.65. The summed E-state index contributed by atoms with van der Waals surface area (Å²) in [6.45, 7) is 3.05. The lowest BCUT2D eigenvalue weighted by atomic mass is 10.2. The monoisotopic (exact) mass is 408 g/mol. The van der Waals surface area contributed by atoms with E-state index in [1.807, 2.05) is 55.5 Å². The van der Waals surface area contributed by atoms with Gasteiger partial charge in [0.25, 0.3) is 11.5 Å². The first-order chi connectivity index (χ1) is 14.4. The van der Waals surface area contributed by atoms with E-state index < -0.39 is 5.91 Å². The van der Waals surface area contributed by atoms with E-state index >= 15 is 0 Å². The van der Waals surface area contributed by atoms with Gasteiger partial charge in [-0.2, -0.15) is 0 Å². The molecule has 0 bridgehead atoms. The zero-order valence-corrected chi connectivity index (χ0v) is 17.1. The van der Waals surface area contributed by atoms with Gasteiger partial charge < -0.3 is 15.4 Å². The van der Waals surface area contributed by atoms with Crippen LogP contribution in [-0.4, -0.2) is 34.4 Å². The maximum absolute atomic E-state index is 12.8. The SMILES string of the molecule is Cc1cccc(NC(=O)COCC(=O)Nc2c(C)n(C)n(-c3ccccc3)c2=O)c1. The fourth-order valence-corrected chi connectivity index (χ4v) is 3.04. The molecule has 2 N–H and O–H groups in total. The minimum absolute atomic E-state index is 0.180. The molecule has 8 heteroatoms. The van der Waals surface area contributed by atoms with Crippen molar-refractivity contribution in [3.05, 3.63) is 76.2 Å². The van der Waals surface area contributed by atoms with Crippen LogP contribution < -0.4 is 16.2 Å². The fourth-order valence-electron chi connectivity index (χ4n) is 3.04. The van der Waals surface area contributed by atoms with Crippen molar-refractivity contribution in [1.29, 1.82) is 0 Å². The van der Waals surface area contributed by atoms with E-state index in [2.05, 4.69) is 10.6 Å². The number of ether oxygens (including phenoxy) is 1. The molecule has 0 saturated heterocycles. The number of benzene rings is 2. The van der Waals surface area contributed by atoms with Crippen LogP contribution in [0.1, 0.15) is 11.3 Å². The summed E-state index contributed by atoms with van der Waals surface area (Å²) >= 11 is 0. The van der Waals surface area contributed by atoms with Crippen LogP contribution in [0.15, 0.2) is 59.4 Å². The van der Waals surface area contributed by atoms with E-state index in [9.17, 15) is 14.4 Å². The molecular formula is C22H24N4O4. The number of hydrogen-bond acceptors (Lipinski definition) is 4. The van der Waals surface area contributed by atoms with Gasteiger partial charge in [0.05, 0.1) is 11.4 Å². The second-order valence-corrected chi connectivity index (χ2v) is 6.90. The van der Waals surface area contributed by atoms with E-state index in [0.717, 1.165) is 5.56 Å². The third-order valence-electron chi connectivity index (χ3n) is 4.59. The van der Waals surface area contributed by atoms with Crippen LogP contribution in [0.2, 0.25) is 0 Å². The fraction of sp³-hybridized carbons (Fsp3) is 0.227. The highest BCUT2D eigenvalue weighted by molar-refractivity contribution is 5.93. The van der Waals surface area contributed by atoms with Gasteiger partial charge in [0.15, 0.2) is 0 Å². The van der Waals surface area contributed by atoms with Crippen molar-refractivity contribution in [2.24, 2.45) is 7.05 Å². The lowest BCUT2D eigenvalue weighted by Crippen LogP contribution is -2.26. The van der Waals surface area contributed by atoms with Crippen molar-refractivity contribution >= 4 is 23.2 Å². The second kappa shape index (κ2) is 9.23. The van der Waals surface area contributed by atoms with Gasteiger partial charge in [-0.05, 0) is 43.7 Å². The number of hydrogen-bond donors (Lipinski definition) is 2. The highest BCUT2D eigenvalue weighted by Crippen LogP contribution is 2.14. The number of aryl methyl sites for hydroxylation is 1. The molecule has 3 aromatic rings. The van der Waals surface area contributed by atoms with Crippen molar-refractivity contribution in [2.45, 2.75) is 13.8 Å². The molecule has 0 atom stereocenters. The predicted molar refractivity (Wildman–Crippen MR) is 115 cm³/mol. The van der Waals surface area contributed by atoms with Gasteiger partial charge in [0, 0.05) is 12.7 Å². The Morgan fingerprint density at radius 3 is 2.27 bits per heavy atom. The summed E-state index contributed by atoms with van der Waals surface area (Å²) < 4.78 is 8.34. The van der Waals surface area contributed by atoms with Crippen molar-refractivity contribution in [2.75, 3.05) is 23.8 Å². The highest BCUT2D eigenvalue weighted by atomic mass is 16.5. The first kappa shape index (κ1) is 21.1. The standard InChI is InChI=1S/C22H24N4O4/c1-15-8-7-9-17(12-15)23-19(27)13-30-14-20(28)24-21-16(2)25(3)26(22(21)29)18-10-5-4-6-11-18/h4-12H,13-14H2,1-3H3,(H,23,27)(H,24,28). The second-order valence-electron chi connectivity index (χ2n) is 6.90. The summed E-state index contributed by atoms with van der Waals surface area (Å²) in [6.07, 6.45) is 0. The Balaban J connectivity index is 1.58. The average molecular weight is 408 g/mol. The Morgan fingerprint density at radius 2 is 1.60 bits per heavy atom. The van der Waals surface area contributed by atoms with Gasteiger partial charge in [-0.1, -0.05) is 30.3 Å². The first-order valence-electron chi connectivity index (χ1n) is 9.45. The summed E-state index contributed by atoms with van der Waals surface area (Å²) in [4.78, 5) is 37.0. The molecule has 0 unspecified atom stereocenters. The van der Waals surface area contributed by atoms with E-state index in [0.29, 0.717) is 17.1 Å². The Kier molecular flexibility index (Phi) is 6.48. The van der Waals surface area contributed by atoms with E-state index in [1.165, 1.54) is 4.68 Å². The molecule has 30 heavy (non-hydrogen) atoms. The summed E-state index contributed by atoms with van der Waals surface area (Å²) in [5.41, 5.74) is 2.82. The van der Waals surface area contributed by atoms with Gasteiger partial charge >= 0.3 is 0 Å². The topological polar surface area (TPSA) is 94.4 Å². The van der Waals surface area contributed by atoms with Crippen LogP contribution in [0.25, 0.3) is 5.69 Å². The molecule has 0 aliphatic rings. The molecule has 0 aliphatic carbocycles. The number of anilines is 2. The Morgan fingerprint density at radius 1 is 0.933 bits per heavy atom. The van der Waals surface area contributed by atoms with Gasteiger partial charge in [0.1, 0.15) is 18.9 Å². The predicted octanol–water partition coefficient (Wildman–Crippen LogP) is 2.39. The summed E-state index contributed by atoms with van der Waals surface area (Å²) in [5, 5.41) is 5.29. The van der Waals surface area contributed by atoms with Gasteiger partial charge in [0.2, 0.25) is 5.91 Å². The maximum Gasteiger partial charge on any atom is 0.295 e. The zero-order chi connectivity index (χ0) is 21.7. The number of nitrogens with zero attached hydrogens (tertiary/aromatic N) is 2. The molecule has 2 aromatic carbocycles. The molecular weight excluding hydrogens is 384 g/mol. The highest BCUT2D eigenvalue weighted by Gasteiger charge is 2.18. The van der Waals surface area contributed by atoms with Crippen molar-refractivity contribution < 1.29 is 14.3 Å². The van der Waals surface area contributed by atoms with Crippen LogP contribution in [0, 0.1) is 13.8 Å². The lowest BCUT2D eigenvalue weighted by molar-refractivity contribution is -0.125. The largest absolute Gasteiger partial charge is 0.362 e. The van der Waals surface area contributed by atoms with Crippen molar-refractivity contribution in [3.63, 3.8) is 0 Å². The molecule has 2 amide bonds. The quantitative estimate of drug-likeness (QED) is 0.628. The van der Waals surface area contributed by atoms with Crippen molar-refractivity contribution in [1.82, 2.24) is 9.36 Å². The molecule has 0 radical (unpaired) electrons. The molecule has 156 valence electrons. The van der Waals surface area contributed by atoms with Crippen LogP contribution in [0.4, 0.5) is 11.4 Å². The number of amides is 2. The minimum atomic E-state index is -0.510. The Bertz CT molecular complexity index is 1120. The molecule has 0 spiro atoms. The van der Waals surface area contributed by atoms with Crippen LogP contribution in [-0.2, 0) is 21.4 Å². The van der Waals surface area contributed by atoms with E-state index in [1.54, 1.807) is 24.7 Å². The number of carbonyl (C=O) groups excluding carboxylic acids is 2. The van der Waals surface area contributed by atoms with Gasteiger partial charge in [-0.25, -0.2) is 4.68 Å². The third kappa shape index (κ3) is 4.84. The lowest BCUT2D eigenvalue weighted by Gasteiger charge is -2.07. The molecule has 0 saturated carbocycles. The minimum Gasteiger partial charge on any atom is -0.362 e. The average Bonchev–Trinajstić information content (AvgIpc) is 2.92. The number of rotatable bonds is 7. The molecule has 1 aromatic heterocycles. The smallest absolute Gasteiger partial charge is 0.295 e. The molecule has 0 aliphatic heterocycles. The summed E-state index contributed by atoms with van der Waals surface area (Å²) in [7, 11) is 1.74.